The number of nitrogen functional groups attached to an aromatic ring is 1. The van der Waals surface area contributed by atoms with Crippen LogP contribution in [0.5, 0.6) is 0 Å². The second kappa shape index (κ2) is 3.24. The Bertz CT molecular complexity index is 419. The highest BCUT2D eigenvalue weighted by molar-refractivity contribution is 5.46. The first-order valence-electron chi connectivity index (χ1n) is 6.20. The van der Waals surface area contributed by atoms with Gasteiger partial charge in [0.05, 0.1) is 0 Å². The van der Waals surface area contributed by atoms with Crippen molar-refractivity contribution in [1.29, 1.82) is 0 Å². The average molecular weight is 216 g/mol. The van der Waals surface area contributed by atoms with Crippen molar-refractivity contribution in [3.05, 3.63) is 29.3 Å². The van der Waals surface area contributed by atoms with Crippen molar-refractivity contribution in [2.24, 2.45) is 5.92 Å². The summed E-state index contributed by atoms with van der Waals surface area (Å²) in [7, 11) is 0. The minimum atomic E-state index is 0.355. The summed E-state index contributed by atoms with van der Waals surface area (Å²) in [6.45, 7) is 6.95. The van der Waals surface area contributed by atoms with Crippen LogP contribution in [0.1, 0.15) is 37.8 Å². The highest BCUT2D eigenvalue weighted by Gasteiger charge is 2.43. The monoisotopic (exact) mass is 216 g/mol. The van der Waals surface area contributed by atoms with Crippen LogP contribution in [0.15, 0.2) is 18.2 Å². The van der Waals surface area contributed by atoms with Gasteiger partial charge in [-0.1, -0.05) is 6.07 Å². The van der Waals surface area contributed by atoms with E-state index in [0.717, 1.165) is 24.7 Å². The van der Waals surface area contributed by atoms with Crippen molar-refractivity contribution in [3.8, 4) is 0 Å². The molecule has 2 N–H and O–H groups in total. The van der Waals surface area contributed by atoms with E-state index in [2.05, 4.69) is 30.9 Å². The standard InChI is InChI=1S/C14H20N2/c1-14(2,12-4-5-12)16-8-10-3-6-13(15)7-11(10)9-16/h3,6-7,12H,4-5,8-9,15H2,1-2H3. The maximum absolute atomic E-state index is 5.84. The Morgan fingerprint density at radius 1 is 1.19 bits per heavy atom. The lowest BCUT2D eigenvalue weighted by molar-refractivity contribution is 0.0966. The van der Waals surface area contributed by atoms with E-state index >= 15 is 0 Å². The predicted octanol–water partition coefficient (Wildman–Crippen LogP) is 2.77. The number of hydrogen-bond acceptors (Lipinski definition) is 2. The normalized spacial score (nSPS) is 21.1. The molecule has 16 heavy (non-hydrogen) atoms. The van der Waals surface area contributed by atoms with Gasteiger partial charge in [-0.05, 0) is 55.9 Å². The second-order valence-corrected chi connectivity index (χ2v) is 5.81. The molecule has 0 aromatic heterocycles. The van der Waals surface area contributed by atoms with Crippen LogP contribution in [0.25, 0.3) is 0 Å². The largest absolute Gasteiger partial charge is 0.399 e. The van der Waals surface area contributed by atoms with Crippen molar-refractivity contribution in [2.45, 2.75) is 45.3 Å². The minimum Gasteiger partial charge on any atom is -0.399 e. The fourth-order valence-electron chi connectivity index (χ4n) is 2.87. The van der Waals surface area contributed by atoms with Gasteiger partial charge in [0.25, 0.3) is 0 Å². The molecule has 2 heteroatoms. The zero-order valence-corrected chi connectivity index (χ0v) is 10.2. The SMILES string of the molecule is CC(C)(C1CC1)N1Cc2ccc(N)cc2C1. The number of rotatable bonds is 2. The highest BCUT2D eigenvalue weighted by Crippen LogP contribution is 2.45. The minimum absolute atomic E-state index is 0.355. The van der Waals surface area contributed by atoms with Gasteiger partial charge < -0.3 is 5.73 Å². The first kappa shape index (κ1) is 10.2. The quantitative estimate of drug-likeness (QED) is 0.770. The Labute approximate surface area is 97.4 Å². The molecule has 1 aromatic rings. The number of anilines is 1. The van der Waals surface area contributed by atoms with Crippen LogP contribution in [0.2, 0.25) is 0 Å². The third-order valence-corrected chi connectivity index (χ3v) is 4.34. The van der Waals surface area contributed by atoms with Gasteiger partial charge in [-0.3, -0.25) is 4.90 Å². The van der Waals surface area contributed by atoms with E-state index in [0.29, 0.717) is 5.54 Å². The Morgan fingerprint density at radius 3 is 2.56 bits per heavy atom. The molecule has 1 aliphatic carbocycles. The van der Waals surface area contributed by atoms with E-state index < -0.39 is 0 Å². The van der Waals surface area contributed by atoms with Crippen LogP contribution >= 0.6 is 0 Å². The molecule has 2 nitrogen and oxygen atoms in total. The van der Waals surface area contributed by atoms with Gasteiger partial charge in [0.2, 0.25) is 0 Å². The molecule has 0 saturated heterocycles. The number of fused-ring (bicyclic) bond motifs is 1. The zero-order valence-electron chi connectivity index (χ0n) is 10.2. The maximum atomic E-state index is 5.84. The van der Waals surface area contributed by atoms with Gasteiger partial charge in [-0.25, -0.2) is 0 Å². The Balaban J connectivity index is 1.84. The van der Waals surface area contributed by atoms with Crippen molar-refractivity contribution in [1.82, 2.24) is 4.90 Å². The number of hydrogen-bond donors (Lipinski definition) is 1. The van der Waals surface area contributed by atoms with Gasteiger partial charge in [0, 0.05) is 24.3 Å². The predicted molar refractivity (Wildman–Crippen MR) is 66.9 cm³/mol. The maximum Gasteiger partial charge on any atom is 0.0317 e. The molecule has 1 fully saturated rings. The Kier molecular flexibility index (Phi) is 2.05. The van der Waals surface area contributed by atoms with Crippen molar-refractivity contribution >= 4 is 5.69 Å². The molecule has 2 aliphatic rings. The van der Waals surface area contributed by atoms with Gasteiger partial charge in [-0.15, -0.1) is 0 Å². The van der Waals surface area contributed by atoms with E-state index in [1.54, 1.807) is 0 Å². The van der Waals surface area contributed by atoms with Gasteiger partial charge in [-0.2, -0.15) is 0 Å². The van der Waals surface area contributed by atoms with E-state index in [-0.39, 0.29) is 0 Å². The van der Waals surface area contributed by atoms with Crippen LogP contribution in [0, 0.1) is 5.92 Å². The van der Waals surface area contributed by atoms with Crippen LogP contribution in [0.4, 0.5) is 5.69 Å². The summed E-state index contributed by atoms with van der Waals surface area (Å²) in [5.74, 6) is 0.902. The van der Waals surface area contributed by atoms with Crippen LogP contribution in [0.3, 0.4) is 0 Å². The fourth-order valence-corrected chi connectivity index (χ4v) is 2.87. The smallest absolute Gasteiger partial charge is 0.0317 e. The van der Waals surface area contributed by atoms with Gasteiger partial charge in [0.15, 0.2) is 0 Å². The average Bonchev–Trinajstić information content (AvgIpc) is 2.99. The molecule has 1 heterocycles. The summed E-state index contributed by atoms with van der Waals surface area (Å²) >= 11 is 0. The number of nitrogens with two attached hydrogens (primary N) is 1. The first-order valence-corrected chi connectivity index (χ1v) is 6.20. The summed E-state index contributed by atoms with van der Waals surface area (Å²) in [5.41, 5.74) is 9.97. The molecule has 86 valence electrons. The molecule has 1 aliphatic heterocycles. The third kappa shape index (κ3) is 1.52. The topological polar surface area (TPSA) is 29.3 Å². The van der Waals surface area contributed by atoms with Gasteiger partial charge >= 0.3 is 0 Å². The van der Waals surface area contributed by atoms with Crippen molar-refractivity contribution in [2.75, 3.05) is 5.73 Å². The lowest BCUT2D eigenvalue weighted by Crippen LogP contribution is -2.42. The van der Waals surface area contributed by atoms with E-state index in [1.165, 1.54) is 24.0 Å². The molecule has 1 saturated carbocycles. The summed E-state index contributed by atoms with van der Waals surface area (Å²) < 4.78 is 0. The summed E-state index contributed by atoms with van der Waals surface area (Å²) in [6, 6.07) is 6.35. The highest BCUT2D eigenvalue weighted by atomic mass is 15.2. The lowest BCUT2D eigenvalue weighted by Gasteiger charge is -2.35. The van der Waals surface area contributed by atoms with Crippen molar-refractivity contribution < 1.29 is 0 Å². The number of nitrogens with zero attached hydrogens (tertiary/aromatic N) is 1. The molecule has 1 aromatic carbocycles. The molecule has 0 bridgehead atoms. The van der Waals surface area contributed by atoms with Gasteiger partial charge in [0.1, 0.15) is 0 Å². The molecule has 0 radical (unpaired) electrons. The van der Waals surface area contributed by atoms with Crippen LogP contribution in [-0.2, 0) is 13.1 Å². The van der Waals surface area contributed by atoms with E-state index in [1.807, 2.05) is 6.07 Å². The first-order chi connectivity index (χ1) is 7.57. The number of benzene rings is 1. The summed E-state index contributed by atoms with van der Waals surface area (Å²) in [4.78, 5) is 2.61. The Hall–Kier alpha value is -1.02. The summed E-state index contributed by atoms with van der Waals surface area (Å²) in [6.07, 6.45) is 2.81. The third-order valence-electron chi connectivity index (χ3n) is 4.34. The van der Waals surface area contributed by atoms with E-state index in [4.69, 9.17) is 5.73 Å². The van der Waals surface area contributed by atoms with Crippen LogP contribution in [-0.4, -0.2) is 10.4 Å². The molecular weight excluding hydrogens is 196 g/mol. The molecule has 0 atom stereocenters. The molecular formula is C14H20N2. The molecule has 3 rings (SSSR count). The lowest BCUT2D eigenvalue weighted by atomic mass is 9.96. The molecule has 0 unspecified atom stereocenters. The van der Waals surface area contributed by atoms with E-state index in [9.17, 15) is 0 Å². The fraction of sp³-hybridized carbons (Fsp3) is 0.571. The second-order valence-electron chi connectivity index (χ2n) is 5.81. The summed E-state index contributed by atoms with van der Waals surface area (Å²) in [5, 5.41) is 0. The van der Waals surface area contributed by atoms with Crippen LogP contribution < -0.4 is 5.73 Å². The molecule has 0 spiro atoms. The molecule has 0 amide bonds. The Morgan fingerprint density at radius 2 is 1.88 bits per heavy atom. The van der Waals surface area contributed by atoms with Crippen molar-refractivity contribution in [3.63, 3.8) is 0 Å². The zero-order chi connectivity index (χ0) is 11.3.